The molecule has 108 valence electrons. The Morgan fingerprint density at radius 2 is 2.15 bits per heavy atom. The second-order valence-corrected chi connectivity index (χ2v) is 5.54. The minimum Gasteiger partial charge on any atom is -0.388 e. The minimum atomic E-state index is -1.04. The lowest BCUT2D eigenvalue weighted by Crippen LogP contribution is -2.31. The zero-order valence-corrected chi connectivity index (χ0v) is 11.5. The molecule has 9 heteroatoms. The molecule has 8 nitrogen and oxygen atoms in total. The van der Waals surface area contributed by atoms with Crippen molar-refractivity contribution >= 4 is 28.6 Å². The third-order valence-corrected chi connectivity index (χ3v) is 4.03. The van der Waals surface area contributed by atoms with Gasteiger partial charge in [-0.2, -0.15) is 16.9 Å². The number of hydrogen-bond donors (Lipinski definition) is 4. The summed E-state index contributed by atoms with van der Waals surface area (Å²) in [5, 5.41) is 27.0. The number of fused-ring (bicyclic) bond motifs is 1. The van der Waals surface area contributed by atoms with Gasteiger partial charge in [-0.15, -0.1) is 0 Å². The van der Waals surface area contributed by atoms with E-state index in [1.165, 1.54) is 6.33 Å². The molecule has 0 bridgehead atoms. The molecular formula is C11H15N5O3S. The van der Waals surface area contributed by atoms with Crippen LogP contribution in [0.15, 0.2) is 6.33 Å². The Morgan fingerprint density at radius 3 is 2.90 bits per heavy atom. The fraction of sp³-hybridized carbons (Fsp3) is 0.545. The number of thioether (sulfide) groups is 1. The predicted molar refractivity (Wildman–Crippen MR) is 74.1 cm³/mol. The van der Waals surface area contributed by atoms with Gasteiger partial charge in [0.15, 0.2) is 11.3 Å². The molecule has 0 amide bonds. The van der Waals surface area contributed by atoms with Gasteiger partial charge < -0.3 is 20.7 Å². The van der Waals surface area contributed by atoms with E-state index in [-0.39, 0.29) is 5.82 Å². The molecule has 4 unspecified atom stereocenters. The fourth-order valence-electron chi connectivity index (χ4n) is 2.36. The van der Waals surface area contributed by atoms with Gasteiger partial charge in [0.1, 0.15) is 30.2 Å². The first-order valence-electron chi connectivity index (χ1n) is 6.08. The summed E-state index contributed by atoms with van der Waals surface area (Å²) in [6, 6.07) is 0. The number of aromatic nitrogens is 4. The monoisotopic (exact) mass is 297 g/mol. The average molecular weight is 297 g/mol. The molecule has 3 rings (SSSR count). The quantitative estimate of drug-likeness (QED) is 0.594. The van der Waals surface area contributed by atoms with Gasteiger partial charge in [0, 0.05) is 5.75 Å². The standard InChI is InChI=1S/C11H15N5O3S/c1-20-2-4-8(17)9(18)10(19-4)6-5-7(16-15-6)11(12)14-3-13-5/h3-4,8-10,17-18H,2H2,1H3,(H,15,16)(H2,12,13,14). The zero-order valence-electron chi connectivity index (χ0n) is 10.7. The molecule has 0 saturated carbocycles. The van der Waals surface area contributed by atoms with Crippen molar-refractivity contribution in [2.45, 2.75) is 24.4 Å². The smallest absolute Gasteiger partial charge is 0.155 e. The summed E-state index contributed by atoms with van der Waals surface area (Å²) >= 11 is 1.54. The van der Waals surface area contributed by atoms with Crippen molar-refractivity contribution in [1.82, 2.24) is 20.2 Å². The van der Waals surface area contributed by atoms with Crippen LogP contribution >= 0.6 is 11.8 Å². The SMILES string of the molecule is CSCC1OC(c2[nH]nc3c(N)ncnc23)C(O)C1O. The maximum absolute atomic E-state index is 10.1. The molecule has 1 fully saturated rings. The van der Waals surface area contributed by atoms with Gasteiger partial charge in [-0.05, 0) is 6.26 Å². The largest absolute Gasteiger partial charge is 0.388 e. The van der Waals surface area contributed by atoms with Crippen LogP contribution < -0.4 is 5.73 Å². The van der Waals surface area contributed by atoms with E-state index in [9.17, 15) is 10.2 Å². The van der Waals surface area contributed by atoms with Crippen LogP contribution in [-0.4, -0.2) is 60.7 Å². The van der Waals surface area contributed by atoms with Crippen molar-refractivity contribution < 1.29 is 14.9 Å². The highest BCUT2D eigenvalue weighted by atomic mass is 32.2. The minimum absolute atomic E-state index is 0.256. The molecule has 4 atom stereocenters. The number of aliphatic hydroxyl groups excluding tert-OH is 2. The van der Waals surface area contributed by atoms with Crippen LogP contribution in [0.25, 0.3) is 11.0 Å². The third-order valence-electron chi connectivity index (χ3n) is 3.37. The van der Waals surface area contributed by atoms with Crippen LogP contribution in [0.5, 0.6) is 0 Å². The number of nitrogens with one attached hydrogen (secondary N) is 1. The van der Waals surface area contributed by atoms with E-state index in [4.69, 9.17) is 10.5 Å². The second-order valence-electron chi connectivity index (χ2n) is 4.63. The number of aliphatic hydroxyl groups is 2. The number of nitrogen functional groups attached to an aromatic ring is 1. The molecule has 1 saturated heterocycles. The van der Waals surface area contributed by atoms with Crippen LogP contribution in [0, 0.1) is 0 Å². The van der Waals surface area contributed by atoms with Gasteiger partial charge in [-0.1, -0.05) is 0 Å². The number of nitrogens with two attached hydrogens (primary N) is 1. The van der Waals surface area contributed by atoms with Crippen LogP contribution in [-0.2, 0) is 4.74 Å². The van der Waals surface area contributed by atoms with E-state index in [0.29, 0.717) is 22.5 Å². The summed E-state index contributed by atoms with van der Waals surface area (Å²) in [4.78, 5) is 7.97. The average Bonchev–Trinajstić information content (AvgIpc) is 2.97. The summed E-state index contributed by atoms with van der Waals surface area (Å²) < 4.78 is 5.73. The first-order chi connectivity index (χ1) is 9.63. The van der Waals surface area contributed by atoms with Gasteiger partial charge in [0.2, 0.25) is 0 Å². The Labute approximate surface area is 118 Å². The molecule has 1 aliphatic rings. The number of nitrogens with zero attached hydrogens (tertiary/aromatic N) is 3. The Bertz CT molecular complexity index is 621. The lowest BCUT2D eigenvalue weighted by molar-refractivity contribution is 0.0146. The van der Waals surface area contributed by atoms with Crippen molar-refractivity contribution in [2.24, 2.45) is 0 Å². The Hall–Kier alpha value is -1.42. The van der Waals surface area contributed by atoms with Crippen LogP contribution in [0.1, 0.15) is 11.8 Å². The summed E-state index contributed by atoms with van der Waals surface area (Å²) in [5.74, 6) is 0.851. The molecule has 0 aromatic carbocycles. The Kier molecular flexibility index (Phi) is 3.50. The Balaban J connectivity index is 1.97. The van der Waals surface area contributed by atoms with Crippen molar-refractivity contribution in [3.8, 4) is 0 Å². The molecule has 2 aromatic heterocycles. The first kappa shape index (κ1) is 13.6. The number of hydrogen-bond acceptors (Lipinski definition) is 8. The highest BCUT2D eigenvalue weighted by Crippen LogP contribution is 2.36. The summed E-state index contributed by atoms with van der Waals surface area (Å²) in [5.41, 5.74) is 7.15. The molecule has 0 spiro atoms. The van der Waals surface area contributed by atoms with Crippen LogP contribution in [0.2, 0.25) is 0 Å². The molecule has 5 N–H and O–H groups in total. The number of H-pyrrole nitrogens is 1. The molecule has 2 aromatic rings. The lowest BCUT2D eigenvalue weighted by atomic mass is 10.1. The van der Waals surface area contributed by atoms with E-state index in [1.54, 1.807) is 11.8 Å². The molecule has 0 radical (unpaired) electrons. The number of ether oxygens (including phenoxy) is 1. The van der Waals surface area contributed by atoms with Gasteiger partial charge in [0.25, 0.3) is 0 Å². The normalized spacial score (nSPS) is 30.1. The highest BCUT2D eigenvalue weighted by molar-refractivity contribution is 7.98. The summed E-state index contributed by atoms with van der Waals surface area (Å²) in [6.07, 6.45) is 0.129. The van der Waals surface area contributed by atoms with E-state index in [1.807, 2.05) is 6.26 Å². The van der Waals surface area contributed by atoms with Crippen LogP contribution in [0.4, 0.5) is 5.82 Å². The van der Waals surface area contributed by atoms with E-state index >= 15 is 0 Å². The fourth-order valence-corrected chi connectivity index (χ4v) is 2.96. The van der Waals surface area contributed by atoms with E-state index in [0.717, 1.165) is 0 Å². The van der Waals surface area contributed by atoms with Crippen molar-refractivity contribution in [2.75, 3.05) is 17.7 Å². The number of anilines is 1. The highest BCUT2D eigenvalue weighted by Gasteiger charge is 2.44. The van der Waals surface area contributed by atoms with E-state index in [2.05, 4.69) is 20.2 Å². The van der Waals surface area contributed by atoms with Crippen LogP contribution in [0.3, 0.4) is 0 Å². The van der Waals surface area contributed by atoms with Crippen molar-refractivity contribution in [3.63, 3.8) is 0 Å². The van der Waals surface area contributed by atoms with Gasteiger partial charge in [-0.3, -0.25) is 5.10 Å². The molecular weight excluding hydrogens is 282 g/mol. The van der Waals surface area contributed by atoms with E-state index < -0.39 is 24.4 Å². The molecule has 0 aliphatic carbocycles. The first-order valence-corrected chi connectivity index (χ1v) is 7.47. The van der Waals surface area contributed by atoms with Gasteiger partial charge in [0.05, 0.1) is 11.8 Å². The summed E-state index contributed by atoms with van der Waals surface area (Å²) in [6.45, 7) is 0. The number of rotatable bonds is 3. The Morgan fingerprint density at radius 1 is 1.35 bits per heavy atom. The lowest BCUT2D eigenvalue weighted by Gasteiger charge is -2.12. The third kappa shape index (κ3) is 2.03. The zero-order chi connectivity index (χ0) is 14.3. The summed E-state index contributed by atoms with van der Waals surface area (Å²) in [7, 11) is 0. The maximum atomic E-state index is 10.1. The van der Waals surface area contributed by atoms with Gasteiger partial charge >= 0.3 is 0 Å². The molecule has 1 aliphatic heterocycles. The maximum Gasteiger partial charge on any atom is 0.155 e. The van der Waals surface area contributed by atoms with Crippen molar-refractivity contribution in [3.05, 3.63) is 12.0 Å². The molecule has 3 heterocycles. The second kappa shape index (κ2) is 5.17. The predicted octanol–water partition coefficient (Wildman–Crippen LogP) is -0.540. The topological polar surface area (TPSA) is 130 Å². The van der Waals surface area contributed by atoms with Gasteiger partial charge in [-0.25, -0.2) is 9.97 Å². The molecule has 20 heavy (non-hydrogen) atoms. The number of aromatic amines is 1. The van der Waals surface area contributed by atoms with Crippen molar-refractivity contribution in [1.29, 1.82) is 0 Å².